The largest absolute Gasteiger partial charge is 0.489 e. The van der Waals surface area contributed by atoms with Crippen LogP contribution in [-0.2, 0) is 17.9 Å². The summed E-state index contributed by atoms with van der Waals surface area (Å²) in [5.41, 5.74) is 6.80. The van der Waals surface area contributed by atoms with Crippen LogP contribution >= 0.6 is 23.2 Å². The zero-order valence-corrected chi connectivity index (χ0v) is 16.1. The van der Waals surface area contributed by atoms with E-state index < -0.39 is 18.0 Å². The van der Waals surface area contributed by atoms with Gasteiger partial charge < -0.3 is 10.5 Å². The van der Waals surface area contributed by atoms with Gasteiger partial charge in [0.05, 0.1) is 16.6 Å². The molecule has 0 unspecified atom stereocenters. The second-order valence-corrected chi connectivity index (χ2v) is 6.47. The summed E-state index contributed by atoms with van der Waals surface area (Å²) in [4.78, 5) is 15.2. The predicted octanol–water partition coefficient (Wildman–Crippen LogP) is 4.41. The lowest BCUT2D eigenvalue weighted by Gasteiger charge is -2.17. The van der Waals surface area contributed by atoms with Gasteiger partial charge >= 0.3 is 12.1 Å². The van der Waals surface area contributed by atoms with E-state index in [0.717, 1.165) is 7.05 Å². The average Bonchev–Trinajstić information content (AvgIpc) is 2.65. The number of rotatable bonds is 5. The van der Waals surface area contributed by atoms with Gasteiger partial charge in [0.1, 0.15) is 12.4 Å². The number of alkyl halides is 3. The van der Waals surface area contributed by atoms with Crippen molar-refractivity contribution < 1.29 is 22.7 Å². The summed E-state index contributed by atoms with van der Waals surface area (Å²) in [6.45, 7) is 0.146. The molecular weight excluding hydrogens is 418 g/mol. The number of carbonyl (C=O) groups is 1. The van der Waals surface area contributed by atoms with Crippen molar-refractivity contribution in [2.24, 2.45) is 10.7 Å². The normalized spacial score (nSPS) is 12.0. The van der Waals surface area contributed by atoms with Crippen LogP contribution in [0.25, 0.3) is 0 Å². The zero-order valence-electron chi connectivity index (χ0n) is 14.6. The highest BCUT2D eigenvalue weighted by Crippen LogP contribution is 2.27. The van der Waals surface area contributed by atoms with Crippen LogP contribution in [0.5, 0.6) is 5.75 Å². The molecule has 0 saturated carbocycles. The van der Waals surface area contributed by atoms with E-state index in [-0.39, 0.29) is 18.1 Å². The van der Waals surface area contributed by atoms with Crippen molar-refractivity contribution in [1.82, 2.24) is 4.90 Å². The number of carbonyl (C=O) groups excluding carboxylic acids is 1. The van der Waals surface area contributed by atoms with E-state index in [1.54, 1.807) is 42.5 Å². The van der Waals surface area contributed by atoms with Crippen LogP contribution in [0.15, 0.2) is 47.5 Å². The van der Waals surface area contributed by atoms with Crippen molar-refractivity contribution in [2.75, 3.05) is 7.05 Å². The topological polar surface area (TPSA) is 67.9 Å². The van der Waals surface area contributed by atoms with Gasteiger partial charge in [-0.15, -0.1) is 0 Å². The second kappa shape index (κ2) is 9.16. The molecule has 0 aliphatic heterocycles. The van der Waals surface area contributed by atoms with Gasteiger partial charge in [0.2, 0.25) is 0 Å². The van der Waals surface area contributed by atoms with Crippen LogP contribution in [0.4, 0.5) is 13.2 Å². The summed E-state index contributed by atoms with van der Waals surface area (Å²) in [5.74, 6) is -2.13. The highest BCUT2D eigenvalue weighted by Gasteiger charge is 2.42. The third kappa shape index (κ3) is 5.77. The van der Waals surface area contributed by atoms with Crippen LogP contribution in [-0.4, -0.2) is 30.0 Å². The smallest absolute Gasteiger partial charge is 0.471 e. The number of nitrogens with zero attached hydrogens (tertiary/aromatic N) is 2. The number of halogens is 5. The molecule has 0 radical (unpaired) electrons. The van der Waals surface area contributed by atoms with Crippen LogP contribution in [0, 0.1) is 0 Å². The first-order valence-electron chi connectivity index (χ1n) is 7.89. The van der Waals surface area contributed by atoms with Crippen molar-refractivity contribution >= 4 is 35.1 Å². The fourth-order valence-corrected chi connectivity index (χ4v) is 2.50. The Hall–Kier alpha value is -2.45. The molecule has 5 nitrogen and oxygen atoms in total. The third-order valence-electron chi connectivity index (χ3n) is 3.64. The van der Waals surface area contributed by atoms with Gasteiger partial charge in [-0.05, 0) is 23.8 Å². The summed E-state index contributed by atoms with van der Waals surface area (Å²) in [6, 6.07) is 11.9. The average molecular weight is 434 g/mol. The Balaban J connectivity index is 2.03. The molecule has 2 aromatic rings. The molecule has 2 aromatic carbocycles. The van der Waals surface area contributed by atoms with Crippen LogP contribution in [0.3, 0.4) is 0 Å². The summed E-state index contributed by atoms with van der Waals surface area (Å²) >= 11 is 12.1. The van der Waals surface area contributed by atoms with E-state index in [9.17, 15) is 18.0 Å². The van der Waals surface area contributed by atoms with E-state index in [2.05, 4.69) is 4.99 Å². The Morgan fingerprint density at radius 2 is 1.89 bits per heavy atom. The monoisotopic (exact) mass is 433 g/mol. The first-order chi connectivity index (χ1) is 13.1. The first-order valence-corrected chi connectivity index (χ1v) is 8.64. The number of hydrogen-bond acceptors (Lipinski definition) is 3. The van der Waals surface area contributed by atoms with Crippen LogP contribution in [0.2, 0.25) is 10.0 Å². The van der Waals surface area contributed by atoms with Crippen molar-refractivity contribution in [1.29, 1.82) is 0 Å². The van der Waals surface area contributed by atoms with Gasteiger partial charge in [0.25, 0.3) is 0 Å². The molecule has 10 heteroatoms. The minimum Gasteiger partial charge on any atom is -0.489 e. The summed E-state index contributed by atoms with van der Waals surface area (Å²) in [5, 5.41) is 0.814. The quantitative estimate of drug-likeness (QED) is 0.560. The fraction of sp³-hybridized carbons (Fsp3) is 0.222. The molecule has 0 spiro atoms. The van der Waals surface area contributed by atoms with E-state index in [1.165, 1.54) is 0 Å². The van der Waals surface area contributed by atoms with Gasteiger partial charge in [-0.25, -0.2) is 4.99 Å². The number of nitrogens with two attached hydrogens (primary N) is 1. The molecule has 150 valence electrons. The summed E-state index contributed by atoms with van der Waals surface area (Å²) < 4.78 is 42.9. The van der Waals surface area contributed by atoms with E-state index in [4.69, 9.17) is 33.7 Å². The molecule has 2 rings (SSSR count). The van der Waals surface area contributed by atoms with Gasteiger partial charge in [-0.2, -0.15) is 13.2 Å². The van der Waals surface area contributed by atoms with Crippen molar-refractivity contribution in [2.45, 2.75) is 19.3 Å². The minimum absolute atomic E-state index is 0.0313. The van der Waals surface area contributed by atoms with Crippen molar-refractivity contribution in [3.05, 3.63) is 63.6 Å². The van der Waals surface area contributed by atoms with E-state index >= 15 is 0 Å². The Labute approximate surface area is 169 Å². The summed E-state index contributed by atoms with van der Waals surface area (Å²) in [6.07, 6.45) is -5.02. The van der Waals surface area contributed by atoms with E-state index in [1.807, 2.05) is 0 Å². The molecule has 28 heavy (non-hydrogen) atoms. The fourth-order valence-electron chi connectivity index (χ4n) is 2.13. The molecule has 0 bridgehead atoms. The molecule has 0 heterocycles. The predicted molar refractivity (Wildman–Crippen MR) is 101 cm³/mol. The maximum Gasteiger partial charge on any atom is 0.471 e. The number of aliphatic imine (C=N–C) groups is 1. The van der Waals surface area contributed by atoms with Crippen molar-refractivity contribution in [3.8, 4) is 5.75 Å². The Morgan fingerprint density at radius 3 is 2.57 bits per heavy atom. The van der Waals surface area contributed by atoms with Crippen LogP contribution < -0.4 is 10.5 Å². The van der Waals surface area contributed by atoms with Gasteiger partial charge in [-0.1, -0.05) is 47.5 Å². The number of guanidine groups is 1. The Kier molecular flexibility index (Phi) is 7.15. The molecule has 0 aromatic heterocycles. The van der Waals surface area contributed by atoms with Crippen LogP contribution in [0.1, 0.15) is 11.1 Å². The molecule has 0 fully saturated rings. The minimum atomic E-state index is -5.02. The number of hydrogen-bond donors (Lipinski definition) is 1. The van der Waals surface area contributed by atoms with E-state index in [0.29, 0.717) is 26.9 Å². The lowest BCUT2D eigenvalue weighted by molar-refractivity contribution is -0.180. The molecular formula is C18H16Cl2F3N3O2. The molecule has 0 aliphatic rings. The SMILES string of the molecule is CN(C(=O)C(F)(F)F)C(N)=NCc1cccc(OCc2cccc(Cl)c2Cl)c1. The lowest BCUT2D eigenvalue weighted by Crippen LogP contribution is -2.45. The van der Waals surface area contributed by atoms with Crippen molar-refractivity contribution in [3.63, 3.8) is 0 Å². The zero-order chi connectivity index (χ0) is 20.9. The second-order valence-electron chi connectivity index (χ2n) is 5.69. The highest BCUT2D eigenvalue weighted by molar-refractivity contribution is 6.42. The number of benzene rings is 2. The maximum absolute atomic E-state index is 12.4. The molecule has 0 atom stereocenters. The molecule has 0 aliphatic carbocycles. The van der Waals surface area contributed by atoms with Gasteiger partial charge in [0.15, 0.2) is 5.96 Å². The van der Waals surface area contributed by atoms with Gasteiger partial charge in [0, 0.05) is 12.6 Å². The molecule has 0 saturated heterocycles. The van der Waals surface area contributed by atoms with Gasteiger partial charge in [-0.3, -0.25) is 9.69 Å². The molecule has 2 N–H and O–H groups in total. The maximum atomic E-state index is 12.4. The highest BCUT2D eigenvalue weighted by atomic mass is 35.5. The number of amides is 1. The standard InChI is InChI=1S/C18H16Cl2F3N3O2/c1-26(16(27)18(21,22)23)17(24)25-9-11-4-2-6-13(8-11)28-10-12-5-3-7-14(19)15(12)20/h2-8H,9-10H2,1H3,(H2,24,25). The summed E-state index contributed by atoms with van der Waals surface area (Å²) in [7, 11) is 0.906. The Morgan fingerprint density at radius 1 is 1.21 bits per heavy atom. The molecule has 1 amide bonds. The third-order valence-corrected chi connectivity index (χ3v) is 4.50. The lowest BCUT2D eigenvalue weighted by atomic mass is 10.2. The Bertz CT molecular complexity index is 889. The number of ether oxygens (including phenoxy) is 1. The first kappa shape index (κ1) is 21.8.